The molecule has 1 saturated carbocycles. The SMILES string of the molecule is Cc1cc(C(=O)NCC2(O)CCC2)c2cnn(C)c2n1. The third-order valence-electron chi connectivity index (χ3n) is 3.94. The molecule has 20 heavy (non-hydrogen) atoms. The van der Waals surface area contributed by atoms with E-state index in [4.69, 9.17) is 0 Å². The number of hydrogen-bond acceptors (Lipinski definition) is 4. The predicted octanol–water partition coefficient (Wildman–Crippen LogP) is 0.922. The first-order valence-corrected chi connectivity index (χ1v) is 6.78. The van der Waals surface area contributed by atoms with Crippen LogP contribution in [0.2, 0.25) is 0 Å². The van der Waals surface area contributed by atoms with E-state index in [1.165, 1.54) is 0 Å². The van der Waals surface area contributed by atoms with Gasteiger partial charge in [0.25, 0.3) is 5.91 Å². The van der Waals surface area contributed by atoms with E-state index in [0.717, 1.165) is 30.3 Å². The molecule has 0 bridgehead atoms. The van der Waals surface area contributed by atoms with Gasteiger partial charge in [-0.15, -0.1) is 0 Å². The van der Waals surface area contributed by atoms with Gasteiger partial charge in [-0.25, -0.2) is 4.98 Å². The largest absolute Gasteiger partial charge is 0.388 e. The highest BCUT2D eigenvalue weighted by molar-refractivity contribution is 6.05. The number of carbonyl (C=O) groups excluding carboxylic acids is 1. The maximum atomic E-state index is 12.3. The smallest absolute Gasteiger partial charge is 0.252 e. The lowest BCUT2D eigenvalue weighted by molar-refractivity contribution is -0.0300. The highest BCUT2D eigenvalue weighted by Crippen LogP contribution is 2.30. The van der Waals surface area contributed by atoms with Crippen molar-refractivity contribution in [2.24, 2.45) is 7.05 Å². The fraction of sp³-hybridized carbons (Fsp3) is 0.500. The van der Waals surface area contributed by atoms with Crippen LogP contribution in [0.5, 0.6) is 0 Å². The molecule has 3 rings (SSSR count). The first kappa shape index (κ1) is 13.1. The quantitative estimate of drug-likeness (QED) is 0.872. The van der Waals surface area contributed by atoms with Crippen molar-refractivity contribution < 1.29 is 9.90 Å². The Hall–Kier alpha value is -1.95. The molecule has 1 aliphatic rings. The van der Waals surface area contributed by atoms with E-state index in [9.17, 15) is 9.90 Å². The number of aliphatic hydroxyl groups is 1. The van der Waals surface area contributed by atoms with Gasteiger partial charge in [-0.05, 0) is 32.3 Å². The third kappa shape index (κ3) is 2.16. The van der Waals surface area contributed by atoms with Crippen LogP contribution in [0.4, 0.5) is 0 Å². The summed E-state index contributed by atoms with van der Waals surface area (Å²) >= 11 is 0. The van der Waals surface area contributed by atoms with Gasteiger partial charge >= 0.3 is 0 Å². The van der Waals surface area contributed by atoms with Crippen LogP contribution in [0.25, 0.3) is 11.0 Å². The average Bonchev–Trinajstić information content (AvgIpc) is 2.74. The number of carbonyl (C=O) groups is 1. The van der Waals surface area contributed by atoms with Crippen LogP contribution < -0.4 is 5.32 Å². The summed E-state index contributed by atoms with van der Waals surface area (Å²) in [5.41, 5.74) is 1.31. The second-order valence-electron chi connectivity index (χ2n) is 5.58. The summed E-state index contributed by atoms with van der Waals surface area (Å²) in [4.78, 5) is 16.7. The van der Waals surface area contributed by atoms with Gasteiger partial charge in [-0.3, -0.25) is 9.48 Å². The van der Waals surface area contributed by atoms with Crippen LogP contribution >= 0.6 is 0 Å². The van der Waals surface area contributed by atoms with Gasteiger partial charge in [0.05, 0.1) is 22.7 Å². The summed E-state index contributed by atoms with van der Waals surface area (Å²) in [5, 5.41) is 17.7. The van der Waals surface area contributed by atoms with Gasteiger partial charge < -0.3 is 10.4 Å². The van der Waals surface area contributed by atoms with E-state index in [1.54, 1.807) is 24.0 Å². The first-order valence-electron chi connectivity index (χ1n) is 6.78. The molecule has 1 fully saturated rings. The predicted molar refractivity (Wildman–Crippen MR) is 74.4 cm³/mol. The standard InChI is InChI=1S/C14H18N4O2/c1-9-6-10(11-7-16-18(2)12(11)17-9)13(19)15-8-14(20)4-3-5-14/h6-7,20H,3-5,8H2,1-2H3,(H,15,19). The van der Waals surface area contributed by atoms with Crippen LogP contribution in [0, 0.1) is 6.92 Å². The van der Waals surface area contributed by atoms with Gasteiger partial charge in [-0.2, -0.15) is 5.10 Å². The van der Waals surface area contributed by atoms with Gasteiger partial charge in [0.2, 0.25) is 0 Å². The minimum Gasteiger partial charge on any atom is -0.388 e. The summed E-state index contributed by atoms with van der Waals surface area (Å²) in [6.07, 6.45) is 4.18. The summed E-state index contributed by atoms with van der Waals surface area (Å²) in [5.74, 6) is -0.186. The molecule has 1 amide bonds. The number of aromatic nitrogens is 3. The van der Waals surface area contributed by atoms with E-state index < -0.39 is 5.60 Å². The van der Waals surface area contributed by atoms with Crippen LogP contribution in [-0.4, -0.2) is 37.9 Å². The Labute approximate surface area is 116 Å². The van der Waals surface area contributed by atoms with Gasteiger partial charge in [-0.1, -0.05) is 0 Å². The lowest BCUT2D eigenvalue weighted by atomic mass is 9.80. The summed E-state index contributed by atoms with van der Waals surface area (Å²) in [6, 6.07) is 1.75. The number of pyridine rings is 1. The molecule has 2 aromatic heterocycles. The molecule has 6 heteroatoms. The second kappa shape index (κ2) is 4.56. The van der Waals surface area contributed by atoms with Crippen LogP contribution in [0.3, 0.4) is 0 Å². The molecule has 6 nitrogen and oxygen atoms in total. The zero-order valence-corrected chi connectivity index (χ0v) is 11.7. The third-order valence-corrected chi connectivity index (χ3v) is 3.94. The number of aryl methyl sites for hydroxylation is 2. The lowest BCUT2D eigenvalue weighted by Gasteiger charge is -2.36. The number of nitrogens with one attached hydrogen (secondary N) is 1. The molecule has 1 aliphatic carbocycles. The Morgan fingerprint density at radius 1 is 1.55 bits per heavy atom. The Morgan fingerprint density at radius 3 is 2.95 bits per heavy atom. The summed E-state index contributed by atoms with van der Waals surface area (Å²) in [6.45, 7) is 2.15. The van der Waals surface area contributed by atoms with Gasteiger partial charge in [0, 0.05) is 19.3 Å². The van der Waals surface area contributed by atoms with E-state index in [1.807, 2.05) is 6.92 Å². The molecular formula is C14H18N4O2. The van der Waals surface area contributed by atoms with Crippen molar-refractivity contribution >= 4 is 16.9 Å². The Bertz CT molecular complexity index is 673. The van der Waals surface area contributed by atoms with Gasteiger partial charge in [0.15, 0.2) is 5.65 Å². The van der Waals surface area contributed by atoms with Crippen LogP contribution in [0.15, 0.2) is 12.3 Å². The molecule has 2 N–H and O–H groups in total. The minimum absolute atomic E-state index is 0.186. The van der Waals surface area contributed by atoms with E-state index in [-0.39, 0.29) is 5.91 Å². The molecule has 0 spiro atoms. The Morgan fingerprint density at radius 2 is 2.30 bits per heavy atom. The van der Waals surface area contributed by atoms with Crippen molar-refractivity contribution in [3.8, 4) is 0 Å². The second-order valence-corrected chi connectivity index (χ2v) is 5.58. The fourth-order valence-electron chi connectivity index (χ4n) is 2.53. The van der Waals surface area contributed by atoms with E-state index in [2.05, 4.69) is 15.4 Å². The normalized spacial score (nSPS) is 16.9. The number of amides is 1. The first-order chi connectivity index (χ1) is 9.48. The van der Waals surface area contributed by atoms with Crippen LogP contribution in [-0.2, 0) is 7.05 Å². The van der Waals surface area contributed by atoms with Crippen molar-refractivity contribution in [1.82, 2.24) is 20.1 Å². The maximum Gasteiger partial charge on any atom is 0.252 e. The molecule has 0 aliphatic heterocycles. The molecule has 0 radical (unpaired) electrons. The Kier molecular flexibility index (Phi) is 2.97. The van der Waals surface area contributed by atoms with Crippen molar-refractivity contribution in [1.29, 1.82) is 0 Å². The van der Waals surface area contributed by atoms with Crippen LogP contribution in [0.1, 0.15) is 35.3 Å². The fourth-order valence-corrected chi connectivity index (χ4v) is 2.53. The maximum absolute atomic E-state index is 12.3. The minimum atomic E-state index is -0.716. The van der Waals surface area contributed by atoms with Crippen molar-refractivity contribution in [3.05, 3.63) is 23.5 Å². The van der Waals surface area contributed by atoms with Crippen molar-refractivity contribution in [2.75, 3.05) is 6.54 Å². The lowest BCUT2D eigenvalue weighted by Crippen LogP contribution is -2.47. The topological polar surface area (TPSA) is 80.0 Å². The summed E-state index contributed by atoms with van der Waals surface area (Å²) in [7, 11) is 1.80. The molecule has 0 saturated heterocycles. The molecule has 2 aromatic rings. The molecule has 2 heterocycles. The highest BCUT2D eigenvalue weighted by atomic mass is 16.3. The number of fused-ring (bicyclic) bond motifs is 1. The molecular weight excluding hydrogens is 256 g/mol. The average molecular weight is 274 g/mol. The van der Waals surface area contributed by atoms with Gasteiger partial charge in [0.1, 0.15) is 0 Å². The number of hydrogen-bond donors (Lipinski definition) is 2. The zero-order valence-electron chi connectivity index (χ0n) is 11.7. The van der Waals surface area contributed by atoms with Crippen molar-refractivity contribution in [3.63, 3.8) is 0 Å². The molecule has 0 aromatic carbocycles. The molecule has 106 valence electrons. The Balaban J connectivity index is 1.87. The van der Waals surface area contributed by atoms with E-state index >= 15 is 0 Å². The monoisotopic (exact) mass is 274 g/mol. The molecule has 0 unspecified atom stereocenters. The molecule has 0 atom stereocenters. The highest BCUT2D eigenvalue weighted by Gasteiger charge is 2.34. The zero-order chi connectivity index (χ0) is 14.3. The van der Waals surface area contributed by atoms with Crippen molar-refractivity contribution in [2.45, 2.75) is 31.8 Å². The summed E-state index contributed by atoms with van der Waals surface area (Å²) < 4.78 is 1.65. The van der Waals surface area contributed by atoms with E-state index in [0.29, 0.717) is 17.8 Å². The number of rotatable bonds is 3. The number of nitrogens with zero attached hydrogens (tertiary/aromatic N) is 3.